The van der Waals surface area contributed by atoms with E-state index in [0.717, 1.165) is 25.9 Å². The van der Waals surface area contributed by atoms with Crippen LogP contribution in [0.25, 0.3) is 0 Å². The third kappa shape index (κ3) is 3.91. The van der Waals surface area contributed by atoms with Gasteiger partial charge in [0.1, 0.15) is 5.82 Å². The summed E-state index contributed by atoms with van der Waals surface area (Å²) in [5.74, 6) is -0.520. The molecule has 1 saturated heterocycles. The first kappa shape index (κ1) is 16.4. The summed E-state index contributed by atoms with van der Waals surface area (Å²) in [6.45, 7) is 1.85. The maximum Gasteiger partial charge on any atom is 0.255 e. The van der Waals surface area contributed by atoms with E-state index in [9.17, 15) is 9.18 Å². The lowest BCUT2D eigenvalue weighted by Gasteiger charge is -2.31. The van der Waals surface area contributed by atoms with E-state index in [1.165, 1.54) is 12.1 Å². The van der Waals surface area contributed by atoms with Gasteiger partial charge in [-0.3, -0.25) is 4.79 Å². The molecule has 0 bridgehead atoms. The molecule has 1 aromatic carbocycles. The topological polar surface area (TPSA) is 32.3 Å². The Balaban J connectivity index is 0.00000180. The number of hydrogen-bond donors (Lipinski definition) is 1. The predicted molar refractivity (Wildman–Crippen MR) is 79.3 cm³/mol. The largest absolute Gasteiger partial charge is 0.339 e. The third-order valence-electron chi connectivity index (χ3n) is 3.34. The SMILES string of the molecule is CN(C(=O)c1cc(F)ccc1Br)C1CCNCC1.Cl. The van der Waals surface area contributed by atoms with Gasteiger partial charge in [-0.15, -0.1) is 12.4 Å². The van der Waals surface area contributed by atoms with Crippen molar-refractivity contribution in [3.63, 3.8) is 0 Å². The molecule has 106 valence electrons. The fourth-order valence-corrected chi connectivity index (χ4v) is 2.63. The van der Waals surface area contributed by atoms with Crippen LogP contribution in [0.15, 0.2) is 22.7 Å². The minimum Gasteiger partial charge on any atom is -0.339 e. The third-order valence-corrected chi connectivity index (χ3v) is 4.03. The number of nitrogens with zero attached hydrogens (tertiary/aromatic N) is 1. The van der Waals surface area contributed by atoms with E-state index in [2.05, 4.69) is 21.2 Å². The molecule has 1 amide bonds. The van der Waals surface area contributed by atoms with Gasteiger partial charge in [0.05, 0.1) is 5.56 Å². The summed E-state index contributed by atoms with van der Waals surface area (Å²) in [6, 6.07) is 4.42. The molecule has 1 aliphatic heterocycles. The van der Waals surface area contributed by atoms with Crippen molar-refractivity contribution in [2.24, 2.45) is 0 Å². The van der Waals surface area contributed by atoms with E-state index in [1.807, 2.05) is 0 Å². The summed E-state index contributed by atoms with van der Waals surface area (Å²) >= 11 is 3.30. The van der Waals surface area contributed by atoms with E-state index in [1.54, 1.807) is 18.0 Å². The lowest BCUT2D eigenvalue weighted by atomic mass is 10.0. The summed E-state index contributed by atoms with van der Waals surface area (Å²) in [6.07, 6.45) is 1.88. The van der Waals surface area contributed by atoms with Crippen LogP contribution in [0.5, 0.6) is 0 Å². The van der Waals surface area contributed by atoms with Crippen LogP contribution in [0.2, 0.25) is 0 Å². The van der Waals surface area contributed by atoms with Crippen molar-refractivity contribution >= 4 is 34.2 Å². The first-order valence-electron chi connectivity index (χ1n) is 6.02. The number of piperidine rings is 1. The molecule has 6 heteroatoms. The van der Waals surface area contributed by atoms with Gasteiger partial charge in [-0.25, -0.2) is 4.39 Å². The summed E-state index contributed by atoms with van der Waals surface area (Å²) < 4.78 is 13.8. The van der Waals surface area contributed by atoms with E-state index >= 15 is 0 Å². The number of benzene rings is 1. The van der Waals surface area contributed by atoms with Gasteiger partial charge in [-0.05, 0) is 60.1 Å². The van der Waals surface area contributed by atoms with Crippen LogP contribution in [-0.2, 0) is 0 Å². The molecular weight excluding hydrogens is 335 g/mol. The van der Waals surface area contributed by atoms with E-state index in [-0.39, 0.29) is 30.2 Å². The monoisotopic (exact) mass is 350 g/mol. The van der Waals surface area contributed by atoms with Crippen molar-refractivity contribution in [3.05, 3.63) is 34.1 Å². The van der Waals surface area contributed by atoms with Crippen LogP contribution >= 0.6 is 28.3 Å². The number of carbonyl (C=O) groups excluding carboxylic acids is 1. The summed E-state index contributed by atoms with van der Waals surface area (Å²) in [5.41, 5.74) is 0.385. The molecular formula is C13H17BrClFN2O. The van der Waals surface area contributed by atoms with Crippen LogP contribution in [0.4, 0.5) is 4.39 Å². The van der Waals surface area contributed by atoms with Crippen molar-refractivity contribution in [3.8, 4) is 0 Å². The van der Waals surface area contributed by atoms with Crippen LogP contribution in [0.1, 0.15) is 23.2 Å². The molecule has 1 N–H and O–H groups in total. The first-order chi connectivity index (χ1) is 8.59. The fraction of sp³-hybridized carbons (Fsp3) is 0.462. The Morgan fingerprint density at radius 3 is 2.68 bits per heavy atom. The Bertz CT molecular complexity index is 452. The summed E-state index contributed by atoms with van der Waals surface area (Å²) in [7, 11) is 1.79. The Hall–Kier alpha value is -0.650. The molecule has 3 nitrogen and oxygen atoms in total. The van der Waals surface area contributed by atoms with Gasteiger partial charge < -0.3 is 10.2 Å². The van der Waals surface area contributed by atoms with Crippen molar-refractivity contribution in [2.45, 2.75) is 18.9 Å². The van der Waals surface area contributed by atoms with Crippen LogP contribution in [0.3, 0.4) is 0 Å². The number of carbonyl (C=O) groups is 1. The second-order valence-corrected chi connectivity index (χ2v) is 5.38. The first-order valence-corrected chi connectivity index (χ1v) is 6.82. The van der Waals surface area contributed by atoms with Crippen LogP contribution in [0, 0.1) is 5.82 Å². The van der Waals surface area contributed by atoms with Gasteiger partial charge in [0.2, 0.25) is 0 Å². The average molecular weight is 352 g/mol. The number of amides is 1. The maximum atomic E-state index is 13.2. The number of nitrogens with one attached hydrogen (secondary N) is 1. The number of rotatable bonds is 2. The summed E-state index contributed by atoms with van der Waals surface area (Å²) in [5, 5.41) is 3.26. The highest BCUT2D eigenvalue weighted by molar-refractivity contribution is 9.10. The average Bonchev–Trinajstić information content (AvgIpc) is 2.41. The molecule has 2 rings (SSSR count). The zero-order valence-corrected chi connectivity index (χ0v) is 13.1. The quantitative estimate of drug-likeness (QED) is 0.888. The zero-order valence-electron chi connectivity index (χ0n) is 10.7. The smallest absolute Gasteiger partial charge is 0.255 e. The van der Waals surface area contributed by atoms with Crippen molar-refractivity contribution < 1.29 is 9.18 Å². The standard InChI is InChI=1S/C13H16BrFN2O.ClH/c1-17(10-4-6-16-7-5-10)13(18)11-8-9(15)2-3-12(11)14;/h2-3,8,10,16H,4-7H2,1H3;1H. The molecule has 19 heavy (non-hydrogen) atoms. The maximum absolute atomic E-state index is 13.2. The van der Waals surface area contributed by atoms with E-state index < -0.39 is 0 Å². The molecule has 0 unspecified atom stereocenters. The molecule has 0 radical (unpaired) electrons. The Morgan fingerprint density at radius 2 is 2.05 bits per heavy atom. The van der Waals surface area contributed by atoms with Crippen molar-refractivity contribution in [1.29, 1.82) is 0 Å². The highest BCUT2D eigenvalue weighted by Gasteiger charge is 2.24. The minimum absolute atomic E-state index is 0. The second-order valence-electron chi connectivity index (χ2n) is 4.52. The molecule has 1 fully saturated rings. The lowest BCUT2D eigenvalue weighted by molar-refractivity contribution is 0.0702. The molecule has 1 aromatic rings. The minimum atomic E-state index is -0.389. The Morgan fingerprint density at radius 1 is 1.42 bits per heavy atom. The van der Waals surface area contributed by atoms with Crippen molar-refractivity contribution in [2.75, 3.05) is 20.1 Å². The molecule has 0 saturated carbocycles. The molecule has 1 aliphatic rings. The predicted octanol–water partition coefficient (Wildman–Crippen LogP) is 2.83. The highest BCUT2D eigenvalue weighted by atomic mass is 79.9. The van der Waals surface area contributed by atoms with E-state index in [4.69, 9.17) is 0 Å². The van der Waals surface area contributed by atoms with Crippen LogP contribution < -0.4 is 5.32 Å². The Labute approximate surface area is 127 Å². The van der Waals surface area contributed by atoms with Gasteiger partial charge in [-0.1, -0.05) is 0 Å². The van der Waals surface area contributed by atoms with Gasteiger partial charge in [-0.2, -0.15) is 0 Å². The Kier molecular flexibility index (Phi) is 6.23. The van der Waals surface area contributed by atoms with Gasteiger partial charge in [0, 0.05) is 17.6 Å². The van der Waals surface area contributed by atoms with E-state index in [0.29, 0.717) is 10.0 Å². The zero-order chi connectivity index (χ0) is 13.1. The molecule has 1 heterocycles. The highest BCUT2D eigenvalue weighted by Crippen LogP contribution is 2.21. The number of halogens is 3. The molecule has 0 aliphatic carbocycles. The molecule has 0 spiro atoms. The summed E-state index contributed by atoms with van der Waals surface area (Å²) in [4.78, 5) is 14.0. The van der Waals surface area contributed by atoms with Crippen LogP contribution in [-0.4, -0.2) is 37.0 Å². The van der Waals surface area contributed by atoms with Gasteiger partial charge in [0.15, 0.2) is 0 Å². The van der Waals surface area contributed by atoms with Gasteiger partial charge >= 0.3 is 0 Å². The van der Waals surface area contributed by atoms with Crippen molar-refractivity contribution in [1.82, 2.24) is 10.2 Å². The second kappa shape index (κ2) is 7.22. The van der Waals surface area contributed by atoms with Gasteiger partial charge in [0.25, 0.3) is 5.91 Å². The lowest BCUT2D eigenvalue weighted by Crippen LogP contribution is -2.44. The fourth-order valence-electron chi connectivity index (χ4n) is 2.21. The molecule has 0 atom stereocenters. The number of hydrogen-bond acceptors (Lipinski definition) is 2. The normalized spacial score (nSPS) is 15.7. The molecule has 0 aromatic heterocycles.